The van der Waals surface area contributed by atoms with Gasteiger partial charge in [0.15, 0.2) is 0 Å². The van der Waals surface area contributed by atoms with Gasteiger partial charge in [0.25, 0.3) is 0 Å². The van der Waals surface area contributed by atoms with Gasteiger partial charge in [-0.2, -0.15) is 0 Å². The molecule has 15 heavy (non-hydrogen) atoms. The minimum atomic E-state index is 1.74. The molecule has 77 valence electrons. The maximum atomic E-state index is 3.58. The van der Waals surface area contributed by atoms with Gasteiger partial charge in [-0.15, -0.1) is 0 Å². The molecule has 0 aromatic carbocycles. The van der Waals surface area contributed by atoms with Gasteiger partial charge in [0, 0.05) is 0 Å². The molecule has 0 bridgehead atoms. The Balaban J connectivity index is 3.74. The van der Waals surface area contributed by atoms with Crippen LogP contribution in [0.3, 0.4) is 0 Å². The van der Waals surface area contributed by atoms with E-state index in [1.807, 2.05) is 66.8 Å². The monoisotopic (exact) mass is 197 g/mol. The predicted octanol–water partition coefficient (Wildman–Crippen LogP) is 4.34. The van der Waals surface area contributed by atoms with E-state index in [0.717, 1.165) is 0 Å². The molecule has 0 rings (SSSR count). The largest absolute Gasteiger partial charge is 0.0991 e. The fourth-order valence-corrected chi connectivity index (χ4v) is 0.734. The number of hydrogen-bond donors (Lipinski definition) is 0. The van der Waals surface area contributed by atoms with Crippen molar-refractivity contribution in [3.8, 4) is 0 Å². The van der Waals surface area contributed by atoms with Crippen molar-refractivity contribution in [2.45, 2.75) is 0 Å². The van der Waals surface area contributed by atoms with E-state index in [2.05, 4.69) is 13.5 Å². The van der Waals surface area contributed by atoms with Crippen LogP contribution >= 0.6 is 0 Å². The summed E-state index contributed by atoms with van der Waals surface area (Å²) < 4.78 is 0. The van der Waals surface area contributed by atoms with Crippen LogP contribution < -0.4 is 0 Å². The molecule has 0 aromatic heterocycles. The van der Waals surface area contributed by atoms with E-state index in [9.17, 15) is 0 Å². The number of rotatable bonds is 6. The molecular formula is C15H17. The molecule has 0 aromatic rings. The van der Waals surface area contributed by atoms with Crippen LogP contribution in [0.15, 0.2) is 85.6 Å². The second-order valence-electron chi connectivity index (χ2n) is 2.59. The van der Waals surface area contributed by atoms with E-state index in [1.54, 1.807) is 12.2 Å². The van der Waals surface area contributed by atoms with E-state index in [0.29, 0.717) is 0 Å². The average molecular weight is 197 g/mol. The molecule has 0 aliphatic carbocycles. The van der Waals surface area contributed by atoms with Crippen LogP contribution in [0.2, 0.25) is 0 Å². The Kier molecular flexibility index (Phi) is 10.7. The standard InChI is InChI=1S/C15H17/c1-3-5-7-9-11-13-15-14-12-10-8-6-4-2/h3-15H,1-2H2/b5-3+,8-6+,9-7+,12-10+,13-11+,15-14+. The van der Waals surface area contributed by atoms with Crippen molar-refractivity contribution in [1.82, 2.24) is 0 Å². The lowest BCUT2D eigenvalue weighted by Gasteiger charge is -1.74. The molecule has 0 aliphatic heterocycles. The molecule has 0 aliphatic rings. The molecule has 0 unspecified atom stereocenters. The summed E-state index contributed by atoms with van der Waals surface area (Å²) in [4.78, 5) is 0. The molecule has 0 saturated carbocycles. The maximum Gasteiger partial charge on any atom is -0.0313 e. The van der Waals surface area contributed by atoms with Crippen molar-refractivity contribution in [2.24, 2.45) is 0 Å². The van der Waals surface area contributed by atoms with Gasteiger partial charge in [0.1, 0.15) is 0 Å². The molecule has 0 N–H and O–H groups in total. The summed E-state index contributed by atoms with van der Waals surface area (Å²) in [5.41, 5.74) is 0. The molecule has 0 nitrogen and oxygen atoms in total. The Morgan fingerprint density at radius 2 is 0.800 bits per heavy atom. The first-order valence-electron chi connectivity index (χ1n) is 4.82. The van der Waals surface area contributed by atoms with Crippen molar-refractivity contribution in [3.05, 3.63) is 92.5 Å². The normalized spacial score (nSPS) is 13.7. The molecule has 0 heteroatoms. The molecular weight excluding hydrogens is 180 g/mol. The van der Waals surface area contributed by atoms with E-state index in [4.69, 9.17) is 0 Å². The molecule has 0 fully saturated rings. The van der Waals surface area contributed by atoms with Crippen molar-refractivity contribution < 1.29 is 0 Å². The lowest BCUT2D eigenvalue weighted by atomic mass is 10.3. The number of allylic oxidation sites excluding steroid dienone is 13. The Morgan fingerprint density at radius 3 is 1.13 bits per heavy atom. The summed E-state index contributed by atoms with van der Waals surface area (Å²) in [5.74, 6) is 0. The van der Waals surface area contributed by atoms with Gasteiger partial charge < -0.3 is 0 Å². The highest BCUT2D eigenvalue weighted by Crippen LogP contribution is 1.84. The Hall–Kier alpha value is -1.82. The molecule has 0 saturated heterocycles. The first kappa shape index (κ1) is 13.2. The molecule has 0 amide bonds. The lowest BCUT2D eigenvalue weighted by molar-refractivity contribution is 1.84. The van der Waals surface area contributed by atoms with Crippen molar-refractivity contribution in [3.63, 3.8) is 0 Å². The maximum absolute atomic E-state index is 3.58. The van der Waals surface area contributed by atoms with Gasteiger partial charge in [-0.1, -0.05) is 85.6 Å². The van der Waals surface area contributed by atoms with Gasteiger partial charge in [0.2, 0.25) is 0 Å². The van der Waals surface area contributed by atoms with Crippen LogP contribution in [-0.2, 0) is 0 Å². The van der Waals surface area contributed by atoms with Gasteiger partial charge >= 0.3 is 0 Å². The van der Waals surface area contributed by atoms with E-state index in [-0.39, 0.29) is 0 Å². The third kappa shape index (κ3) is 12.2. The zero-order valence-corrected chi connectivity index (χ0v) is 8.92. The van der Waals surface area contributed by atoms with Crippen LogP contribution in [-0.4, -0.2) is 0 Å². The highest BCUT2D eigenvalue weighted by molar-refractivity contribution is 5.20. The van der Waals surface area contributed by atoms with Crippen molar-refractivity contribution >= 4 is 0 Å². The van der Waals surface area contributed by atoms with Gasteiger partial charge in [-0.25, -0.2) is 0 Å². The molecule has 0 spiro atoms. The van der Waals surface area contributed by atoms with Crippen molar-refractivity contribution in [1.29, 1.82) is 0 Å². The number of hydrogen-bond acceptors (Lipinski definition) is 0. The fourth-order valence-electron chi connectivity index (χ4n) is 0.734. The Bertz CT molecular complexity index is 307. The van der Waals surface area contributed by atoms with Crippen LogP contribution in [0.5, 0.6) is 0 Å². The highest BCUT2D eigenvalue weighted by atomic mass is 13.7. The Morgan fingerprint density at radius 1 is 0.467 bits per heavy atom. The molecule has 0 heterocycles. The molecule has 1 radical (unpaired) electrons. The first-order valence-corrected chi connectivity index (χ1v) is 4.82. The molecule has 0 atom stereocenters. The van der Waals surface area contributed by atoms with E-state index < -0.39 is 0 Å². The van der Waals surface area contributed by atoms with Gasteiger partial charge in [-0.05, 0) is 6.92 Å². The van der Waals surface area contributed by atoms with Crippen LogP contribution in [0.4, 0.5) is 0 Å². The quantitative estimate of drug-likeness (QED) is 0.555. The summed E-state index contributed by atoms with van der Waals surface area (Å²) in [6.07, 6.45) is 24.8. The fraction of sp³-hybridized carbons (Fsp3) is 0. The first-order chi connectivity index (χ1) is 7.41. The average Bonchev–Trinajstić information content (AvgIpc) is 2.26. The third-order valence-electron chi connectivity index (χ3n) is 1.38. The smallest absolute Gasteiger partial charge is 0.0313 e. The minimum absolute atomic E-state index is 1.74. The van der Waals surface area contributed by atoms with E-state index in [1.165, 1.54) is 0 Å². The Labute approximate surface area is 93.0 Å². The third-order valence-corrected chi connectivity index (χ3v) is 1.38. The summed E-state index contributed by atoms with van der Waals surface area (Å²) in [5, 5.41) is 0. The minimum Gasteiger partial charge on any atom is -0.0991 e. The zero-order chi connectivity index (χ0) is 11.2. The SMILES string of the molecule is [CH2]/C=C/C=C/C=C/C=C/C=C/C=C/C=C. The van der Waals surface area contributed by atoms with Crippen LogP contribution in [0.1, 0.15) is 0 Å². The summed E-state index contributed by atoms with van der Waals surface area (Å²) in [6.45, 7) is 7.15. The summed E-state index contributed by atoms with van der Waals surface area (Å²) in [6, 6.07) is 0. The topological polar surface area (TPSA) is 0 Å². The zero-order valence-electron chi connectivity index (χ0n) is 8.92. The van der Waals surface area contributed by atoms with Gasteiger partial charge in [-0.3, -0.25) is 0 Å². The lowest BCUT2D eigenvalue weighted by Crippen LogP contribution is -1.52. The summed E-state index contributed by atoms with van der Waals surface area (Å²) >= 11 is 0. The second-order valence-corrected chi connectivity index (χ2v) is 2.59. The van der Waals surface area contributed by atoms with Gasteiger partial charge in [0.05, 0.1) is 0 Å². The summed E-state index contributed by atoms with van der Waals surface area (Å²) in [7, 11) is 0. The highest BCUT2D eigenvalue weighted by Gasteiger charge is 1.62. The van der Waals surface area contributed by atoms with Crippen LogP contribution in [0.25, 0.3) is 0 Å². The van der Waals surface area contributed by atoms with Crippen molar-refractivity contribution in [2.75, 3.05) is 0 Å². The van der Waals surface area contributed by atoms with Crippen LogP contribution in [0, 0.1) is 6.92 Å². The predicted molar refractivity (Wildman–Crippen MR) is 70.4 cm³/mol. The van der Waals surface area contributed by atoms with E-state index >= 15 is 0 Å². The second kappa shape index (κ2) is 12.2.